The van der Waals surface area contributed by atoms with Crippen molar-refractivity contribution >= 4 is 5.97 Å². The fourth-order valence-electron chi connectivity index (χ4n) is 5.72. The smallest absolute Gasteiger partial charge is 0.311 e. The average molecular weight is 403 g/mol. The van der Waals surface area contributed by atoms with Crippen LogP contribution in [0.4, 0.5) is 4.39 Å². The number of rotatable bonds is 1. The van der Waals surface area contributed by atoms with Crippen LogP contribution in [-0.4, -0.2) is 57.7 Å². The zero-order chi connectivity index (χ0) is 21.2. The first-order valence-electron chi connectivity index (χ1n) is 10.4. The van der Waals surface area contributed by atoms with E-state index < -0.39 is 71.1 Å². The van der Waals surface area contributed by atoms with Gasteiger partial charge in [-0.05, 0) is 27.2 Å². The molecular formula is C21H35FO6. The number of alkyl halides is 1. The fraction of sp³-hybridized carbons (Fsp3) is 0.952. The van der Waals surface area contributed by atoms with Crippen molar-refractivity contribution in [1.29, 1.82) is 0 Å². The minimum Gasteiger partial charge on any atom is -0.462 e. The Bertz CT molecular complexity index is 626. The Morgan fingerprint density at radius 1 is 1.11 bits per heavy atom. The Balaban J connectivity index is 2.09. The molecule has 6 nitrogen and oxygen atoms in total. The Morgan fingerprint density at radius 3 is 2.29 bits per heavy atom. The van der Waals surface area contributed by atoms with Crippen LogP contribution in [0.5, 0.6) is 0 Å². The van der Waals surface area contributed by atoms with Crippen LogP contribution in [0.1, 0.15) is 61.3 Å². The molecule has 0 aromatic rings. The molecule has 28 heavy (non-hydrogen) atoms. The molecule has 0 aromatic heterocycles. The summed E-state index contributed by atoms with van der Waals surface area (Å²) in [6, 6.07) is 0. The predicted molar refractivity (Wildman–Crippen MR) is 100 cm³/mol. The number of cyclic esters (lactones) is 1. The molecule has 3 heterocycles. The molecule has 3 rings (SSSR count). The summed E-state index contributed by atoms with van der Waals surface area (Å²) in [7, 11) is 0. The maximum absolute atomic E-state index is 15.7. The first-order chi connectivity index (χ1) is 12.8. The van der Waals surface area contributed by atoms with Gasteiger partial charge in [0, 0.05) is 24.2 Å². The van der Waals surface area contributed by atoms with E-state index in [1.54, 1.807) is 34.6 Å². The minimum absolute atomic E-state index is 0.100. The molecule has 7 heteroatoms. The van der Waals surface area contributed by atoms with Gasteiger partial charge in [0.05, 0.1) is 29.8 Å². The third kappa shape index (κ3) is 2.92. The molecular weight excluding hydrogens is 367 g/mol. The number of aliphatic hydroxyl groups excluding tert-OH is 2. The van der Waals surface area contributed by atoms with E-state index >= 15 is 4.39 Å². The summed E-state index contributed by atoms with van der Waals surface area (Å²) in [5, 5.41) is 21.9. The van der Waals surface area contributed by atoms with E-state index in [-0.39, 0.29) is 6.42 Å². The number of esters is 1. The van der Waals surface area contributed by atoms with Crippen LogP contribution < -0.4 is 0 Å². The lowest BCUT2D eigenvalue weighted by molar-refractivity contribution is -0.280. The number of hydrogen-bond acceptors (Lipinski definition) is 6. The quantitative estimate of drug-likeness (QED) is 0.656. The maximum Gasteiger partial charge on any atom is 0.311 e. The molecule has 11 atom stereocenters. The van der Waals surface area contributed by atoms with Crippen LogP contribution in [0.15, 0.2) is 0 Å². The molecule has 0 radical (unpaired) electrons. The van der Waals surface area contributed by atoms with E-state index in [1.807, 2.05) is 6.92 Å². The van der Waals surface area contributed by atoms with Gasteiger partial charge < -0.3 is 24.4 Å². The molecule has 0 aromatic carbocycles. The topological polar surface area (TPSA) is 85.2 Å². The van der Waals surface area contributed by atoms with Crippen molar-refractivity contribution in [3.8, 4) is 0 Å². The van der Waals surface area contributed by atoms with E-state index in [0.29, 0.717) is 6.42 Å². The van der Waals surface area contributed by atoms with E-state index in [4.69, 9.17) is 14.2 Å². The van der Waals surface area contributed by atoms with Crippen molar-refractivity contribution in [2.45, 2.75) is 103 Å². The number of hydrogen-bond donors (Lipinski definition) is 2. The summed E-state index contributed by atoms with van der Waals surface area (Å²) in [5.41, 5.74) is -2.75. The molecule has 0 saturated carbocycles. The highest BCUT2D eigenvalue weighted by molar-refractivity contribution is 5.73. The number of aliphatic hydroxyl groups is 2. The first-order valence-corrected chi connectivity index (χ1v) is 10.4. The second-order valence-corrected chi connectivity index (χ2v) is 9.66. The molecule has 1 spiro atoms. The van der Waals surface area contributed by atoms with Crippen molar-refractivity contribution in [2.24, 2.45) is 23.7 Å². The van der Waals surface area contributed by atoms with Gasteiger partial charge in [-0.1, -0.05) is 27.7 Å². The molecule has 162 valence electrons. The highest BCUT2D eigenvalue weighted by Gasteiger charge is 2.75. The van der Waals surface area contributed by atoms with Crippen LogP contribution in [-0.2, 0) is 19.0 Å². The number of halogens is 1. The molecule has 0 amide bonds. The number of carbonyl (C=O) groups is 1. The third-order valence-corrected chi connectivity index (χ3v) is 7.51. The number of ether oxygens (including phenoxy) is 3. The van der Waals surface area contributed by atoms with Crippen molar-refractivity contribution in [2.75, 3.05) is 0 Å². The van der Waals surface area contributed by atoms with Crippen molar-refractivity contribution in [3.63, 3.8) is 0 Å². The molecule has 3 bridgehead atoms. The molecule has 3 saturated heterocycles. The Labute approximate surface area is 166 Å². The van der Waals surface area contributed by atoms with Crippen LogP contribution >= 0.6 is 0 Å². The lowest BCUT2D eigenvalue weighted by Crippen LogP contribution is -2.61. The fourth-order valence-corrected chi connectivity index (χ4v) is 5.72. The largest absolute Gasteiger partial charge is 0.462 e. The normalized spacial score (nSPS) is 57.4. The molecule has 0 unspecified atom stereocenters. The van der Waals surface area contributed by atoms with Gasteiger partial charge in [-0.15, -0.1) is 0 Å². The second kappa shape index (κ2) is 6.89. The van der Waals surface area contributed by atoms with E-state index in [9.17, 15) is 15.0 Å². The van der Waals surface area contributed by atoms with Crippen molar-refractivity contribution in [1.82, 2.24) is 0 Å². The summed E-state index contributed by atoms with van der Waals surface area (Å²) >= 11 is 0. The lowest BCUT2D eigenvalue weighted by Gasteiger charge is -2.47. The van der Waals surface area contributed by atoms with E-state index in [0.717, 1.165) is 0 Å². The molecule has 3 fully saturated rings. The van der Waals surface area contributed by atoms with Gasteiger partial charge >= 0.3 is 5.97 Å². The zero-order valence-electron chi connectivity index (χ0n) is 17.9. The van der Waals surface area contributed by atoms with Gasteiger partial charge in [0.2, 0.25) is 5.79 Å². The van der Waals surface area contributed by atoms with Gasteiger partial charge in [0.25, 0.3) is 0 Å². The SMILES string of the molecule is CC[C@H]1OC(=O)[C@H](C)[C@@H](O)[C@H](C)[C@H]2O[C@@]3(O[C@]2(C)C[C@]3(C)F)[C@H](C)[C@@H](O)[C@H]1C. The average Bonchev–Trinajstić information content (AvgIpc) is 3.05. The Morgan fingerprint density at radius 2 is 1.71 bits per heavy atom. The highest BCUT2D eigenvalue weighted by atomic mass is 19.1. The van der Waals surface area contributed by atoms with E-state index in [1.165, 1.54) is 6.92 Å². The van der Waals surface area contributed by atoms with Crippen LogP contribution in [0, 0.1) is 23.7 Å². The minimum atomic E-state index is -1.79. The Hall–Kier alpha value is -0.760. The summed E-state index contributed by atoms with van der Waals surface area (Å²) in [6.45, 7) is 12.0. The summed E-state index contributed by atoms with van der Waals surface area (Å²) in [6.07, 6.45) is -2.58. The number of fused-ring (bicyclic) bond motifs is 3. The lowest BCUT2D eigenvalue weighted by atomic mass is 9.72. The van der Waals surface area contributed by atoms with Crippen LogP contribution in [0.2, 0.25) is 0 Å². The van der Waals surface area contributed by atoms with Gasteiger partial charge in [0.15, 0.2) is 5.67 Å². The monoisotopic (exact) mass is 402 g/mol. The first kappa shape index (κ1) is 21.9. The summed E-state index contributed by atoms with van der Waals surface area (Å²) in [5.74, 6) is -4.51. The molecule has 2 N–H and O–H groups in total. The predicted octanol–water partition coefficient (Wildman–Crippen LogP) is 2.59. The van der Waals surface area contributed by atoms with Gasteiger partial charge in [-0.25, -0.2) is 4.39 Å². The molecule has 3 aliphatic heterocycles. The van der Waals surface area contributed by atoms with Crippen LogP contribution in [0.3, 0.4) is 0 Å². The van der Waals surface area contributed by atoms with Crippen LogP contribution in [0.25, 0.3) is 0 Å². The Kier molecular flexibility index (Phi) is 5.40. The van der Waals surface area contributed by atoms with Crippen molar-refractivity contribution < 1.29 is 33.6 Å². The summed E-state index contributed by atoms with van der Waals surface area (Å²) < 4.78 is 33.8. The highest BCUT2D eigenvalue weighted by Crippen LogP contribution is 2.62. The maximum atomic E-state index is 15.7. The molecule has 0 aliphatic carbocycles. The standard InChI is InChI=1S/C21H35FO6/c1-8-14-10(2)16(24)13(5)21-20(7,22)9-19(6,28-21)17(27-21)11(3)15(23)12(4)18(25)26-14/h10-17,23-24H,8-9H2,1-7H3/t10-,11-,12+,13+,14+,15-,16-,17+,19+,20-,21+/m0/s1. The van der Waals surface area contributed by atoms with E-state index in [2.05, 4.69) is 0 Å². The zero-order valence-corrected chi connectivity index (χ0v) is 17.9. The van der Waals surface area contributed by atoms with Crippen molar-refractivity contribution in [3.05, 3.63) is 0 Å². The number of carbonyl (C=O) groups excluding carboxylic acids is 1. The van der Waals surface area contributed by atoms with Gasteiger partial charge in [-0.2, -0.15) is 0 Å². The summed E-state index contributed by atoms with van der Waals surface area (Å²) in [4.78, 5) is 12.6. The second-order valence-electron chi connectivity index (χ2n) is 9.66. The van der Waals surface area contributed by atoms with Gasteiger partial charge in [0.1, 0.15) is 6.10 Å². The third-order valence-electron chi connectivity index (χ3n) is 7.51. The van der Waals surface area contributed by atoms with Gasteiger partial charge in [-0.3, -0.25) is 4.79 Å². The molecule has 3 aliphatic rings.